The number of hydrazine groups is 1. The van der Waals surface area contributed by atoms with Crippen LogP contribution in [-0.2, 0) is 4.79 Å². The first kappa shape index (κ1) is 19.3. The number of hydrogen-bond donors (Lipinski definition) is 2. The molecule has 4 rings (SSSR count). The van der Waals surface area contributed by atoms with Crippen LogP contribution in [0.4, 0.5) is 0 Å². The Kier molecular flexibility index (Phi) is 5.80. The summed E-state index contributed by atoms with van der Waals surface area (Å²) < 4.78 is 16.6. The molecular formula is C23H20N2O5. The molecule has 1 aliphatic rings. The van der Waals surface area contributed by atoms with E-state index in [9.17, 15) is 9.59 Å². The van der Waals surface area contributed by atoms with Gasteiger partial charge in [-0.1, -0.05) is 48.5 Å². The van der Waals surface area contributed by atoms with Gasteiger partial charge in [0.05, 0.1) is 0 Å². The lowest BCUT2D eigenvalue weighted by atomic mass is 10.1. The summed E-state index contributed by atoms with van der Waals surface area (Å²) in [7, 11) is 0. The molecule has 2 N–H and O–H groups in total. The van der Waals surface area contributed by atoms with Crippen LogP contribution in [0, 0.1) is 0 Å². The van der Waals surface area contributed by atoms with Crippen molar-refractivity contribution in [2.75, 3.05) is 19.8 Å². The maximum atomic E-state index is 12.3. The molecule has 7 heteroatoms. The zero-order chi connectivity index (χ0) is 20.8. The van der Waals surface area contributed by atoms with Gasteiger partial charge in [-0.3, -0.25) is 20.4 Å². The number of fused-ring (bicyclic) bond motifs is 1. The molecule has 0 aromatic heterocycles. The maximum absolute atomic E-state index is 12.3. The first-order valence-electron chi connectivity index (χ1n) is 9.47. The number of para-hydroxylation sites is 1. The maximum Gasteiger partial charge on any atom is 0.276 e. The van der Waals surface area contributed by atoms with E-state index in [1.165, 1.54) is 0 Å². The Balaban J connectivity index is 1.32. The number of carbonyl (C=O) groups excluding carboxylic acids is 2. The Hall–Kier alpha value is -4.00. The quantitative estimate of drug-likeness (QED) is 0.639. The van der Waals surface area contributed by atoms with E-state index < -0.39 is 11.8 Å². The zero-order valence-corrected chi connectivity index (χ0v) is 16.1. The molecule has 3 aromatic rings. The van der Waals surface area contributed by atoms with Crippen molar-refractivity contribution in [3.63, 3.8) is 0 Å². The van der Waals surface area contributed by atoms with Gasteiger partial charge in [0.15, 0.2) is 18.1 Å². The summed E-state index contributed by atoms with van der Waals surface area (Å²) in [5.74, 6) is 0.721. The molecular weight excluding hydrogens is 384 g/mol. The van der Waals surface area contributed by atoms with E-state index in [1.807, 2.05) is 48.5 Å². The molecule has 0 radical (unpaired) electrons. The fraction of sp³-hybridized carbons (Fsp3) is 0.130. The third-order valence-electron chi connectivity index (χ3n) is 4.45. The molecule has 2 amide bonds. The Morgan fingerprint density at radius 1 is 0.833 bits per heavy atom. The molecule has 0 aliphatic carbocycles. The third kappa shape index (κ3) is 4.52. The second-order valence-electron chi connectivity index (χ2n) is 6.51. The number of nitrogens with one attached hydrogen (secondary N) is 2. The summed E-state index contributed by atoms with van der Waals surface area (Å²) in [4.78, 5) is 24.4. The van der Waals surface area contributed by atoms with Crippen molar-refractivity contribution in [1.82, 2.24) is 10.9 Å². The largest absolute Gasteiger partial charge is 0.486 e. The molecule has 152 valence electrons. The van der Waals surface area contributed by atoms with Crippen LogP contribution in [0.25, 0.3) is 11.1 Å². The fourth-order valence-corrected chi connectivity index (χ4v) is 3.01. The minimum Gasteiger partial charge on any atom is -0.486 e. The fourth-order valence-electron chi connectivity index (χ4n) is 3.01. The van der Waals surface area contributed by atoms with Crippen molar-refractivity contribution in [3.05, 3.63) is 78.4 Å². The lowest BCUT2D eigenvalue weighted by molar-refractivity contribution is -0.123. The number of rotatable bonds is 5. The highest BCUT2D eigenvalue weighted by molar-refractivity contribution is 5.96. The van der Waals surface area contributed by atoms with Crippen molar-refractivity contribution >= 4 is 11.8 Å². The highest BCUT2D eigenvalue weighted by atomic mass is 16.6. The van der Waals surface area contributed by atoms with Crippen LogP contribution < -0.4 is 25.1 Å². The van der Waals surface area contributed by atoms with Crippen molar-refractivity contribution in [1.29, 1.82) is 0 Å². The molecule has 0 unspecified atom stereocenters. The van der Waals surface area contributed by atoms with Crippen molar-refractivity contribution < 1.29 is 23.8 Å². The summed E-state index contributed by atoms with van der Waals surface area (Å²) in [5.41, 5.74) is 6.94. The van der Waals surface area contributed by atoms with Crippen molar-refractivity contribution in [2.24, 2.45) is 0 Å². The van der Waals surface area contributed by atoms with Crippen LogP contribution >= 0.6 is 0 Å². The molecule has 30 heavy (non-hydrogen) atoms. The summed E-state index contributed by atoms with van der Waals surface area (Å²) >= 11 is 0. The van der Waals surface area contributed by atoms with E-state index in [4.69, 9.17) is 14.2 Å². The van der Waals surface area contributed by atoms with E-state index in [0.29, 0.717) is 36.0 Å². The second-order valence-corrected chi connectivity index (χ2v) is 6.51. The van der Waals surface area contributed by atoms with E-state index in [1.54, 1.807) is 24.3 Å². The molecule has 3 aromatic carbocycles. The third-order valence-corrected chi connectivity index (χ3v) is 4.45. The van der Waals surface area contributed by atoms with Gasteiger partial charge in [0.25, 0.3) is 11.8 Å². The molecule has 1 heterocycles. The van der Waals surface area contributed by atoms with Crippen LogP contribution in [0.3, 0.4) is 0 Å². The average Bonchev–Trinajstić information content (AvgIpc) is 2.81. The molecule has 0 bridgehead atoms. The van der Waals surface area contributed by atoms with E-state index in [2.05, 4.69) is 10.9 Å². The Morgan fingerprint density at radius 3 is 2.40 bits per heavy atom. The summed E-state index contributed by atoms with van der Waals surface area (Å²) in [6, 6.07) is 22.0. The van der Waals surface area contributed by atoms with Gasteiger partial charge < -0.3 is 14.2 Å². The molecule has 1 aliphatic heterocycles. The standard InChI is InChI=1S/C23H20N2O5/c26-22(15-30-19-9-5-4-8-18(19)16-6-2-1-3-7-16)24-25-23(27)17-10-11-20-21(14-17)29-13-12-28-20/h1-11,14H,12-13,15H2,(H,24,26)(H,25,27). The first-order chi connectivity index (χ1) is 14.7. The molecule has 0 spiro atoms. The Labute approximate surface area is 173 Å². The number of amides is 2. The summed E-state index contributed by atoms with van der Waals surface area (Å²) in [5, 5.41) is 0. The smallest absolute Gasteiger partial charge is 0.276 e. The predicted molar refractivity (Wildman–Crippen MR) is 110 cm³/mol. The van der Waals surface area contributed by atoms with E-state index >= 15 is 0 Å². The summed E-state index contributed by atoms with van der Waals surface area (Å²) in [6.45, 7) is 0.657. The van der Waals surface area contributed by atoms with E-state index in [0.717, 1.165) is 11.1 Å². The van der Waals surface area contributed by atoms with Crippen LogP contribution in [0.15, 0.2) is 72.8 Å². The van der Waals surface area contributed by atoms with Gasteiger partial charge in [0.2, 0.25) is 0 Å². The zero-order valence-electron chi connectivity index (χ0n) is 16.1. The van der Waals surface area contributed by atoms with Crippen molar-refractivity contribution in [2.45, 2.75) is 0 Å². The Morgan fingerprint density at radius 2 is 1.57 bits per heavy atom. The van der Waals surface area contributed by atoms with Gasteiger partial charge in [0.1, 0.15) is 19.0 Å². The molecule has 7 nitrogen and oxygen atoms in total. The lowest BCUT2D eigenvalue weighted by Gasteiger charge is -2.18. The van der Waals surface area contributed by atoms with Gasteiger partial charge in [-0.2, -0.15) is 0 Å². The molecule has 0 saturated carbocycles. The highest BCUT2D eigenvalue weighted by Crippen LogP contribution is 2.31. The summed E-state index contributed by atoms with van der Waals surface area (Å²) in [6.07, 6.45) is 0. The molecule has 0 atom stereocenters. The van der Waals surface area contributed by atoms with Crippen LogP contribution in [0.2, 0.25) is 0 Å². The predicted octanol–water partition coefficient (Wildman–Crippen LogP) is 2.96. The highest BCUT2D eigenvalue weighted by Gasteiger charge is 2.15. The van der Waals surface area contributed by atoms with Crippen molar-refractivity contribution in [3.8, 4) is 28.4 Å². The number of carbonyl (C=O) groups is 2. The van der Waals surface area contributed by atoms with Crippen LogP contribution in [0.5, 0.6) is 17.2 Å². The molecule has 0 fully saturated rings. The monoisotopic (exact) mass is 404 g/mol. The van der Waals surface area contributed by atoms with Gasteiger partial charge in [-0.15, -0.1) is 0 Å². The van der Waals surface area contributed by atoms with Gasteiger partial charge in [0, 0.05) is 11.1 Å². The van der Waals surface area contributed by atoms with Gasteiger partial charge in [-0.05, 0) is 29.8 Å². The number of benzene rings is 3. The minimum absolute atomic E-state index is 0.245. The van der Waals surface area contributed by atoms with Gasteiger partial charge in [-0.25, -0.2) is 0 Å². The van der Waals surface area contributed by atoms with Crippen LogP contribution in [-0.4, -0.2) is 31.6 Å². The minimum atomic E-state index is -0.483. The molecule has 0 saturated heterocycles. The van der Waals surface area contributed by atoms with Crippen LogP contribution in [0.1, 0.15) is 10.4 Å². The Bertz CT molecular complexity index is 1050. The SMILES string of the molecule is O=C(COc1ccccc1-c1ccccc1)NNC(=O)c1ccc2c(c1)OCCO2. The van der Waals surface area contributed by atoms with Gasteiger partial charge >= 0.3 is 0 Å². The number of hydrogen-bond acceptors (Lipinski definition) is 5. The number of ether oxygens (including phenoxy) is 3. The van der Waals surface area contributed by atoms with E-state index in [-0.39, 0.29) is 6.61 Å². The lowest BCUT2D eigenvalue weighted by Crippen LogP contribution is -2.43. The topological polar surface area (TPSA) is 85.9 Å². The average molecular weight is 404 g/mol. The second kappa shape index (κ2) is 9.00. The first-order valence-corrected chi connectivity index (χ1v) is 9.47. The normalized spacial score (nSPS) is 12.0.